The predicted molar refractivity (Wildman–Crippen MR) is 132 cm³/mol. The minimum absolute atomic E-state index is 0.0291. The molecule has 0 amide bonds. The Morgan fingerprint density at radius 3 is 2.65 bits per heavy atom. The standard InChI is InChI=1S/C25H26N4O4S/c1-16(2)15-34(31,32)29-21-7-6-17(3)18(10-21)11-24-28-14-23(33-24)20-9-19(12-26-13-20)22-5-4-8-27-25(22)30/h4-10,12-14,16,29H,11,15H2,1-3H3,(H,27,30). The third-order valence-corrected chi connectivity index (χ3v) is 6.87. The van der Waals surface area contributed by atoms with E-state index in [2.05, 4.69) is 19.7 Å². The van der Waals surface area contributed by atoms with Gasteiger partial charge in [0.15, 0.2) is 11.7 Å². The summed E-state index contributed by atoms with van der Waals surface area (Å²) >= 11 is 0. The summed E-state index contributed by atoms with van der Waals surface area (Å²) in [6.07, 6.45) is 6.88. The SMILES string of the molecule is Cc1ccc(NS(=O)(=O)CC(C)C)cc1Cc1ncc(-c2cncc(-c3ccc[nH]c3=O)c2)o1. The molecule has 0 saturated heterocycles. The van der Waals surface area contributed by atoms with Crippen LogP contribution >= 0.6 is 0 Å². The highest BCUT2D eigenvalue weighted by Crippen LogP contribution is 2.26. The van der Waals surface area contributed by atoms with Gasteiger partial charge in [0.05, 0.1) is 11.9 Å². The maximum absolute atomic E-state index is 12.3. The van der Waals surface area contributed by atoms with Crippen LogP contribution in [0.1, 0.15) is 30.9 Å². The fourth-order valence-electron chi connectivity index (χ4n) is 3.64. The number of oxazole rings is 1. The van der Waals surface area contributed by atoms with E-state index in [9.17, 15) is 13.2 Å². The Bertz CT molecular complexity index is 1470. The molecule has 9 heteroatoms. The molecule has 2 N–H and O–H groups in total. The number of nitrogens with zero attached hydrogens (tertiary/aromatic N) is 2. The zero-order valence-corrected chi connectivity index (χ0v) is 20.0. The van der Waals surface area contributed by atoms with E-state index in [1.807, 2.05) is 32.9 Å². The first-order valence-corrected chi connectivity index (χ1v) is 12.5. The van der Waals surface area contributed by atoms with Gasteiger partial charge in [0.2, 0.25) is 10.0 Å². The lowest BCUT2D eigenvalue weighted by Crippen LogP contribution is -2.20. The zero-order chi connectivity index (χ0) is 24.3. The van der Waals surface area contributed by atoms with Crippen molar-refractivity contribution in [3.05, 3.63) is 88.6 Å². The number of hydrogen-bond donors (Lipinski definition) is 2. The van der Waals surface area contributed by atoms with Crippen molar-refractivity contribution < 1.29 is 12.8 Å². The molecule has 0 bridgehead atoms. The van der Waals surface area contributed by atoms with Gasteiger partial charge in [-0.15, -0.1) is 0 Å². The second kappa shape index (κ2) is 9.64. The number of rotatable bonds is 8. The second-order valence-electron chi connectivity index (χ2n) is 8.59. The van der Waals surface area contributed by atoms with Gasteiger partial charge in [0.1, 0.15) is 0 Å². The average molecular weight is 479 g/mol. The van der Waals surface area contributed by atoms with Crippen molar-refractivity contribution in [2.24, 2.45) is 5.92 Å². The van der Waals surface area contributed by atoms with Crippen LogP contribution in [0.3, 0.4) is 0 Å². The molecule has 1 aromatic carbocycles. The predicted octanol–water partition coefficient (Wildman–Crippen LogP) is 4.39. The van der Waals surface area contributed by atoms with E-state index in [1.165, 1.54) is 0 Å². The van der Waals surface area contributed by atoms with E-state index < -0.39 is 10.0 Å². The summed E-state index contributed by atoms with van der Waals surface area (Å²) in [4.78, 5) is 23.4. The van der Waals surface area contributed by atoms with Gasteiger partial charge in [-0.25, -0.2) is 13.4 Å². The number of hydrogen-bond acceptors (Lipinski definition) is 6. The molecule has 3 aromatic heterocycles. The van der Waals surface area contributed by atoms with Crippen LogP contribution in [-0.4, -0.2) is 29.1 Å². The third kappa shape index (κ3) is 5.60. The molecule has 0 aliphatic rings. The Morgan fingerprint density at radius 2 is 1.88 bits per heavy atom. The molecular weight excluding hydrogens is 452 g/mol. The highest BCUT2D eigenvalue weighted by atomic mass is 32.2. The number of aromatic amines is 1. The first-order chi connectivity index (χ1) is 16.2. The summed E-state index contributed by atoms with van der Waals surface area (Å²) in [7, 11) is -3.42. The number of sulfonamides is 1. The van der Waals surface area contributed by atoms with Crippen LogP contribution in [0.2, 0.25) is 0 Å². The van der Waals surface area contributed by atoms with E-state index in [0.717, 1.165) is 11.1 Å². The first kappa shape index (κ1) is 23.4. The van der Waals surface area contributed by atoms with E-state index in [4.69, 9.17) is 4.42 Å². The fourth-order valence-corrected chi connectivity index (χ4v) is 5.09. The number of anilines is 1. The van der Waals surface area contributed by atoms with Crippen LogP contribution in [0.25, 0.3) is 22.5 Å². The van der Waals surface area contributed by atoms with Gasteiger partial charge in [-0.3, -0.25) is 14.5 Å². The third-order valence-electron chi connectivity index (χ3n) is 5.22. The lowest BCUT2D eigenvalue weighted by atomic mass is 10.1. The van der Waals surface area contributed by atoms with Gasteiger partial charge < -0.3 is 9.40 Å². The molecule has 0 saturated carbocycles. The van der Waals surface area contributed by atoms with Crippen molar-refractivity contribution in [2.45, 2.75) is 27.2 Å². The van der Waals surface area contributed by atoms with Gasteiger partial charge in [0, 0.05) is 47.4 Å². The number of aryl methyl sites for hydroxylation is 1. The topological polar surface area (TPSA) is 118 Å². The molecule has 0 atom stereocenters. The van der Waals surface area contributed by atoms with Gasteiger partial charge >= 0.3 is 0 Å². The van der Waals surface area contributed by atoms with Crippen molar-refractivity contribution in [1.82, 2.24) is 15.0 Å². The van der Waals surface area contributed by atoms with Crippen LogP contribution in [0.15, 0.2) is 70.4 Å². The first-order valence-electron chi connectivity index (χ1n) is 10.9. The summed E-state index contributed by atoms with van der Waals surface area (Å²) < 4.78 is 33.2. The van der Waals surface area contributed by atoms with E-state index in [1.54, 1.807) is 49.1 Å². The number of pyridine rings is 2. The van der Waals surface area contributed by atoms with E-state index >= 15 is 0 Å². The van der Waals surface area contributed by atoms with Crippen LogP contribution in [0, 0.1) is 12.8 Å². The highest BCUT2D eigenvalue weighted by molar-refractivity contribution is 7.92. The van der Waals surface area contributed by atoms with Gasteiger partial charge in [-0.1, -0.05) is 19.9 Å². The molecule has 34 heavy (non-hydrogen) atoms. The maximum Gasteiger partial charge on any atom is 0.255 e. The molecule has 0 fully saturated rings. The zero-order valence-electron chi connectivity index (χ0n) is 19.2. The van der Waals surface area contributed by atoms with Crippen molar-refractivity contribution in [2.75, 3.05) is 10.5 Å². The molecule has 8 nitrogen and oxygen atoms in total. The summed E-state index contributed by atoms with van der Waals surface area (Å²) in [5.41, 5.74) is 4.11. The van der Waals surface area contributed by atoms with Crippen LogP contribution in [0.4, 0.5) is 5.69 Å². The average Bonchev–Trinajstić information content (AvgIpc) is 3.24. The Labute approximate surface area is 198 Å². The van der Waals surface area contributed by atoms with E-state index in [0.29, 0.717) is 40.4 Å². The molecule has 0 unspecified atom stereocenters. The molecule has 176 valence electrons. The number of nitrogens with one attached hydrogen (secondary N) is 2. The second-order valence-corrected chi connectivity index (χ2v) is 10.4. The minimum atomic E-state index is -3.42. The smallest absolute Gasteiger partial charge is 0.255 e. The molecule has 0 aliphatic carbocycles. The molecule has 0 radical (unpaired) electrons. The van der Waals surface area contributed by atoms with Crippen LogP contribution < -0.4 is 10.3 Å². The fraction of sp³-hybridized carbons (Fsp3) is 0.240. The molecule has 4 rings (SSSR count). The molecule has 0 aliphatic heterocycles. The van der Waals surface area contributed by atoms with E-state index in [-0.39, 0.29) is 17.2 Å². The van der Waals surface area contributed by atoms with Gasteiger partial charge in [0.25, 0.3) is 5.56 Å². The molecular formula is C25H26N4O4S. The van der Waals surface area contributed by atoms with Crippen molar-refractivity contribution >= 4 is 15.7 Å². The summed E-state index contributed by atoms with van der Waals surface area (Å²) in [5, 5.41) is 0. The van der Waals surface area contributed by atoms with Gasteiger partial charge in [-0.2, -0.15) is 0 Å². The quantitative estimate of drug-likeness (QED) is 0.388. The Balaban J connectivity index is 1.56. The number of H-pyrrole nitrogens is 1. The number of aromatic nitrogens is 3. The Hall–Kier alpha value is -3.72. The molecule has 3 heterocycles. The van der Waals surface area contributed by atoms with Crippen LogP contribution in [-0.2, 0) is 16.4 Å². The van der Waals surface area contributed by atoms with Crippen molar-refractivity contribution in [3.8, 4) is 22.5 Å². The number of benzene rings is 1. The highest BCUT2D eigenvalue weighted by Gasteiger charge is 2.15. The normalized spacial score (nSPS) is 11.6. The molecule has 0 spiro atoms. The van der Waals surface area contributed by atoms with Gasteiger partial charge in [-0.05, 0) is 54.3 Å². The Kier molecular flexibility index (Phi) is 6.65. The van der Waals surface area contributed by atoms with Crippen molar-refractivity contribution in [3.63, 3.8) is 0 Å². The maximum atomic E-state index is 12.3. The minimum Gasteiger partial charge on any atom is -0.440 e. The monoisotopic (exact) mass is 478 g/mol. The van der Waals surface area contributed by atoms with Crippen LogP contribution in [0.5, 0.6) is 0 Å². The Morgan fingerprint density at radius 1 is 1.09 bits per heavy atom. The summed E-state index contributed by atoms with van der Waals surface area (Å²) in [6, 6.07) is 10.8. The lowest BCUT2D eigenvalue weighted by Gasteiger charge is -2.12. The lowest BCUT2D eigenvalue weighted by molar-refractivity contribution is 0.519. The van der Waals surface area contributed by atoms with Crippen molar-refractivity contribution in [1.29, 1.82) is 0 Å². The summed E-state index contributed by atoms with van der Waals surface area (Å²) in [6.45, 7) is 5.68. The largest absolute Gasteiger partial charge is 0.440 e. The summed E-state index contributed by atoms with van der Waals surface area (Å²) in [5.74, 6) is 1.11. The molecule has 4 aromatic rings.